The van der Waals surface area contributed by atoms with Crippen molar-refractivity contribution in [1.29, 1.82) is 0 Å². The van der Waals surface area contributed by atoms with Crippen LogP contribution in [0.25, 0.3) is 0 Å². The summed E-state index contributed by atoms with van der Waals surface area (Å²) in [5, 5.41) is 16.0. The maximum absolute atomic E-state index is 12.6. The van der Waals surface area contributed by atoms with E-state index in [9.17, 15) is 23.1 Å². The molecule has 0 aliphatic carbocycles. The van der Waals surface area contributed by atoms with Gasteiger partial charge in [0.25, 0.3) is 20.9 Å². The fraction of sp³-hybridized carbons (Fsp3) is 0.250. The van der Waals surface area contributed by atoms with Crippen molar-refractivity contribution in [3.8, 4) is 5.75 Å². The smallest absolute Gasteiger partial charge is 0.269 e. The summed E-state index contributed by atoms with van der Waals surface area (Å²) >= 11 is 6.01. The van der Waals surface area contributed by atoms with Gasteiger partial charge in [0.2, 0.25) is 0 Å². The second-order valence-corrected chi connectivity index (χ2v) is 9.04. The summed E-state index contributed by atoms with van der Waals surface area (Å²) in [6.45, 7) is 1.89. The normalized spacial score (nSPS) is 12.8. The number of nitrogens with zero attached hydrogens (tertiary/aromatic N) is 2. The molecule has 3 N–H and O–H groups in total. The number of aromatic hydroxyl groups is 1. The third-order valence-electron chi connectivity index (χ3n) is 4.88. The monoisotopic (exact) mass is 480 g/mol. The molecule has 1 aromatic heterocycles. The van der Waals surface area contributed by atoms with Gasteiger partial charge in [-0.15, -0.1) is 0 Å². The molecule has 0 spiro atoms. The van der Waals surface area contributed by atoms with Gasteiger partial charge in [0, 0.05) is 13.2 Å². The number of phenols is 1. The molecule has 1 unspecified atom stereocenters. The van der Waals surface area contributed by atoms with Crippen LogP contribution in [0.2, 0.25) is 5.02 Å². The van der Waals surface area contributed by atoms with E-state index in [1.165, 1.54) is 12.1 Å². The molecule has 0 saturated heterocycles. The number of benzene rings is 1. The summed E-state index contributed by atoms with van der Waals surface area (Å²) in [6, 6.07) is 7.54. The zero-order valence-corrected chi connectivity index (χ0v) is 19.0. The molecule has 12 heteroatoms. The topological polar surface area (TPSA) is 138 Å². The number of pyridine rings is 1. The Morgan fingerprint density at radius 2 is 1.88 bits per heavy atom. The second-order valence-electron chi connectivity index (χ2n) is 6.76. The molecule has 0 fully saturated rings. The van der Waals surface area contributed by atoms with Gasteiger partial charge in [-0.2, -0.15) is 0 Å². The van der Waals surface area contributed by atoms with E-state index < -0.39 is 31.5 Å². The lowest BCUT2D eigenvalue weighted by Gasteiger charge is -2.22. The minimum absolute atomic E-state index is 0.0141. The van der Waals surface area contributed by atoms with E-state index in [2.05, 4.69) is 15.6 Å². The van der Waals surface area contributed by atoms with Crippen molar-refractivity contribution in [2.24, 2.45) is 0 Å². The minimum atomic E-state index is -4.30. The molecule has 32 heavy (non-hydrogen) atoms. The molecule has 0 bridgehead atoms. The highest BCUT2D eigenvalue weighted by Gasteiger charge is 2.31. The fourth-order valence-electron chi connectivity index (χ4n) is 3.04. The number of sulfonamides is 1. The van der Waals surface area contributed by atoms with E-state index >= 15 is 0 Å². The first-order valence-electron chi connectivity index (χ1n) is 9.45. The quantitative estimate of drug-likeness (QED) is 0.239. The lowest BCUT2D eigenvalue weighted by atomic mass is 10.1. The number of aromatic nitrogens is 1. The van der Waals surface area contributed by atoms with Gasteiger partial charge >= 0.3 is 0 Å². The summed E-state index contributed by atoms with van der Waals surface area (Å²) in [5.74, 6) is -0.725. The van der Waals surface area contributed by atoms with Gasteiger partial charge < -0.3 is 15.7 Å². The van der Waals surface area contributed by atoms with Gasteiger partial charge in [-0.05, 0) is 30.7 Å². The summed E-state index contributed by atoms with van der Waals surface area (Å²) in [4.78, 5) is 32.8. The molecule has 0 radical (unpaired) electrons. The summed E-state index contributed by atoms with van der Waals surface area (Å²) < 4.78 is 25.8. The average molecular weight is 481 g/mol. The number of phenolic OH excluding ortho intramolecular Hbond substituents is 1. The molecule has 10 nitrogen and oxygen atoms in total. The molecule has 0 saturated carbocycles. The molecular weight excluding hydrogens is 460 g/mol. The Labute approximate surface area is 189 Å². The minimum Gasteiger partial charge on any atom is -0.504 e. The molecule has 0 amide bonds. The van der Waals surface area contributed by atoms with Crippen LogP contribution in [0.3, 0.4) is 0 Å². The van der Waals surface area contributed by atoms with Gasteiger partial charge in [0.15, 0.2) is 5.75 Å². The molecule has 3 rings (SSSR count). The lowest BCUT2D eigenvalue weighted by molar-refractivity contribution is -0.0259. The van der Waals surface area contributed by atoms with Crippen molar-refractivity contribution in [3.63, 3.8) is 0 Å². The largest absolute Gasteiger partial charge is 0.504 e. The zero-order chi connectivity index (χ0) is 23.6. The number of rotatable bonds is 9. The van der Waals surface area contributed by atoms with Crippen molar-refractivity contribution >= 4 is 38.7 Å². The SMILES string of the molecule is CCC(Nc1c(Nc2ccc(Cl)c(S(=O)(=O)N(C)OC)c2O)c(=O)c1=O)c1ccccn1. The van der Waals surface area contributed by atoms with E-state index in [1.807, 2.05) is 6.92 Å². The van der Waals surface area contributed by atoms with Gasteiger partial charge in [0.05, 0.1) is 29.6 Å². The maximum Gasteiger partial charge on any atom is 0.269 e. The van der Waals surface area contributed by atoms with Gasteiger partial charge in [0.1, 0.15) is 16.3 Å². The van der Waals surface area contributed by atoms with Crippen LogP contribution < -0.4 is 21.5 Å². The van der Waals surface area contributed by atoms with Crippen molar-refractivity contribution in [2.45, 2.75) is 24.3 Å². The molecular formula is C20H21ClN4O6S. The van der Waals surface area contributed by atoms with Crippen molar-refractivity contribution < 1.29 is 18.4 Å². The molecule has 1 heterocycles. The molecule has 1 atom stereocenters. The van der Waals surface area contributed by atoms with Crippen molar-refractivity contribution in [3.05, 3.63) is 67.7 Å². The second kappa shape index (κ2) is 9.25. The molecule has 3 aromatic rings. The van der Waals surface area contributed by atoms with E-state index in [0.29, 0.717) is 16.6 Å². The number of nitrogens with one attached hydrogen (secondary N) is 2. The number of anilines is 3. The van der Waals surface area contributed by atoms with Crippen LogP contribution in [0.5, 0.6) is 5.75 Å². The molecule has 170 valence electrons. The van der Waals surface area contributed by atoms with E-state index in [1.54, 1.807) is 24.4 Å². The van der Waals surface area contributed by atoms with Crippen molar-refractivity contribution in [2.75, 3.05) is 24.8 Å². The highest BCUT2D eigenvalue weighted by atomic mass is 35.5. The van der Waals surface area contributed by atoms with Gasteiger partial charge in [-0.3, -0.25) is 19.4 Å². The predicted octanol–water partition coefficient (Wildman–Crippen LogP) is 2.53. The Morgan fingerprint density at radius 3 is 2.47 bits per heavy atom. The van der Waals surface area contributed by atoms with Gasteiger partial charge in [-0.1, -0.05) is 29.1 Å². The number of hydrogen-bond donors (Lipinski definition) is 3. The Hall–Kier alpha value is -2.99. The molecule has 0 aliphatic rings. The summed E-state index contributed by atoms with van der Waals surface area (Å²) in [5.41, 5.74) is -1.08. The van der Waals surface area contributed by atoms with Crippen LogP contribution in [-0.4, -0.2) is 37.1 Å². The highest BCUT2D eigenvalue weighted by molar-refractivity contribution is 7.89. The predicted molar refractivity (Wildman–Crippen MR) is 121 cm³/mol. The third kappa shape index (κ3) is 4.19. The maximum atomic E-state index is 12.6. The summed E-state index contributed by atoms with van der Waals surface area (Å²) in [6.07, 6.45) is 2.19. The Kier molecular flexibility index (Phi) is 6.84. The van der Waals surface area contributed by atoms with Crippen LogP contribution in [0.4, 0.5) is 17.1 Å². The van der Waals surface area contributed by atoms with Gasteiger partial charge in [-0.25, -0.2) is 8.42 Å². The van der Waals surface area contributed by atoms with Crippen LogP contribution in [-0.2, 0) is 14.9 Å². The number of hydrogen-bond acceptors (Lipinski definition) is 9. The zero-order valence-electron chi connectivity index (χ0n) is 17.4. The van der Waals surface area contributed by atoms with E-state index in [0.717, 1.165) is 14.2 Å². The first kappa shape index (κ1) is 23.7. The Bertz CT molecular complexity index is 1310. The van der Waals surface area contributed by atoms with Crippen LogP contribution in [0, 0.1) is 0 Å². The fourth-order valence-corrected chi connectivity index (χ4v) is 4.61. The average Bonchev–Trinajstić information content (AvgIpc) is 2.79. The lowest BCUT2D eigenvalue weighted by Crippen LogP contribution is -2.37. The first-order valence-corrected chi connectivity index (χ1v) is 11.3. The standard InChI is InChI=1S/C20H21ClN4O6S/c1-4-12(13-7-5-6-10-22-13)23-15-16(19(28)18(15)27)24-14-9-8-11(21)20(17(14)26)32(29,30)25(2)31-3/h5-10,12,23-24,26H,4H2,1-3H3. The van der Waals surface area contributed by atoms with Crippen LogP contribution >= 0.6 is 11.6 Å². The van der Waals surface area contributed by atoms with E-state index in [4.69, 9.17) is 16.4 Å². The van der Waals surface area contributed by atoms with E-state index in [-0.39, 0.29) is 28.1 Å². The highest BCUT2D eigenvalue weighted by Crippen LogP contribution is 2.40. The first-order chi connectivity index (χ1) is 15.1. The Balaban J connectivity index is 1.98. The Morgan fingerprint density at radius 1 is 1.19 bits per heavy atom. The van der Waals surface area contributed by atoms with Crippen LogP contribution in [0.15, 0.2) is 51.0 Å². The van der Waals surface area contributed by atoms with Crippen LogP contribution in [0.1, 0.15) is 25.1 Å². The molecule has 2 aromatic carbocycles. The van der Waals surface area contributed by atoms with Crippen molar-refractivity contribution in [1.82, 2.24) is 9.45 Å². The third-order valence-corrected chi connectivity index (χ3v) is 7.06. The molecule has 0 aliphatic heterocycles. The number of hydroxylamine groups is 1. The summed E-state index contributed by atoms with van der Waals surface area (Å²) in [7, 11) is -2.03. The number of halogens is 1.